The van der Waals surface area contributed by atoms with Crippen LogP contribution in [0, 0.1) is 0 Å². The second kappa shape index (κ2) is 10.8. The molecule has 3 aromatic rings. The van der Waals surface area contributed by atoms with Crippen LogP contribution in [-0.2, 0) is 28.8 Å². The molecular weight excluding hydrogens is 488 g/mol. The number of para-hydroxylation sites is 1. The first-order valence-electron chi connectivity index (χ1n) is 12.7. The summed E-state index contributed by atoms with van der Waals surface area (Å²) in [6, 6.07) is 14.6. The molecule has 7 nitrogen and oxygen atoms in total. The van der Waals surface area contributed by atoms with Crippen molar-refractivity contribution in [1.82, 2.24) is 0 Å². The van der Waals surface area contributed by atoms with Crippen LogP contribution in [0.2, 0.25) is 0 Å². The van der Waals surface area contributed by atoms with E-state index < -0.39 is 12.1 Å². The average molecular weight is 519 g/mol. The number of thiophene rings is 1. The Hall–Kier alpha value is -3.65. The molecule has 2 aromatic carbocycles. The van der Waals surface area contributed by atoms with Crippen LogP contribution < -0.4 is 15.0 Å². The molecule has 1 N–H and O–H groups in total. The third kappa shape index (κ3) is 5.11. The highest BCUT2D eigenvalue weighted by atomic mass is 32.1. The molecule has 2 aliphatic rings. The van der Waals surface area contributed by atoms with Gasteiger partial charge in [0.05, 0.1) is 12.7 Å². The lowest BCUT2D eigenvalue weighted by Gasteiger charge is -2.31. The van der Waals surface area contributed by atoms with Gasteiger partial charge in [-0.05, 0) is 86.9 Å². The number of nitrogens with zero attached hydrogens (tertiary/aromatic N) is 1. The monoisotopic (exact) mass is 518 g/mol. The van der Waals surface area contributed by atoms with Crippen molar-refractivity contribution in [2.75, 3.05) is 23.9 Å². The van der Waals surface area contributed by atoms with Gasteiger partial charge in [-0.25, -0.2) is 4.79 Å². The summed E-state index contributed by atoms with van der Waals surface area (Å²) in [5, 5.41) is 3.40. The molecule has 0 spiro atoms. The Balaban J connectivity index is 1.36. The molecule has 0 bridgehead atoms. The predicted molar refractivity (Wildman–Crippen MR) is 144 cm³/mol. The van der Waals surface area contributed by atoms with E-state index in [1.54, 1.807) is 43.2 Å². The molecule has 2 heterocycles. The van der Waals surface area contributed by atoms with Crippen molar-refractivity contribution in [3.63, 3.8) is 0 Å². The number of hydrogen-bond acceptors (Lipinski definition) is 6. The Morgan fingerprint density at radius 2 is 1.73 bits per heavy atom. The van der Waals surface area contributed by atoms with Gasteiger partial charge in [-0.3, -0.25) is 9.59 Å². The minimum Gasteiger partial charge on any atom is -0.497 e. The summed E-state index contributed by atoms with van der Waals surface area (Å²) in [7, 11) is 1.57. The number of amides is 2. The van der Waals surface area contributed by atoms with Crippen molar-refractivity contribution < 1.29 is 23.9 Å². The van der Waals surface area contributed by atoms with Crippen LogP contribution >= 0.6 is 11.3 Å². The summed E-state index contributed by atoms with van der Waals surface area (Å²) >= 11 is 1.42. The van der Waals surface area contributed by atoms with Gasteiger partial charge in [-0.1, -0.05) is 18.2 Å². The maximum absolute atomic E-state index is 13.5. The zero-order valence-electron chi connectivity index (χ0n) is 21.0. The average Bonchev–Trinajstić information content (AvgIpc) is 3.30. The van der Waals surface area contributed by atoms with Crippen LogP contribution in [0.5, 0.6) is 5.75 Å². The maximum Gasteiger partial charge on any atom is 0.342 e. The first-order chi connectivity index (χ1) is 18.0. The molecule has 192 valence electrons. The Kier molecular flexibility index (Phi) is 7.28. The number of aryl methyl sites for hydroxylation is 2. The predicted octanol–water partition coefficient (Wildman–Crippen LogP) is 5.41. The number of ether oxygens (including phenoxy) is 2. The molecule has 1 aliphatic carbocycles. The zero-order chi connectivity index (χ0) is 25.9. The zero-order valence-corrected chi connectivity index (χ0v) is 21.9. The summed E-state index contributed by atoms with van der Waals surface area (Å²) < 4.78 is 10.9. The summed E-state index contributed by atoms with van der Waals surface area (Å²) in [4.78, 5) is 42.6. The summed E-state index contributed by atoms with van der Waals surface area (Å²) in [5.41, 5.74) is 3.76. The molecule has 1 atom stereocenters. The van der Waals surface area contributed by atoms with E-state index in [9.17, 15) is 14.4 Å². The van der Waals surface area contributed by atoms with Gasteiger partial charge in [0.15, 0.2) is 6.10 Å². The van der Waals surface area contributed by atoms with Crippen LogP contribution in [0.1, 0.15) is 62.9 Å². The van der Waals surface area contributed by atoms with Gasteiger partial charge >= 0.3 is 5.97 Å². The summed E-state index contributed by atoms with van der Waals surface area (Å²) in [5.74, 6) is -0.476. The van der Waals surface area contributed by atoms with Gasteiger partial charge in [-0.2, -0.15) is 0 Å². The number of methoxy groups -OCH3 is 1. The number of carbonyl (C=O) groups is 3. The van der Waals surface area contributed by atoms with E-state index >= 15 is 0 Å². The fourth-order valence-corrected chi connectivity index (χ4v) is 6.31. The smallest absolute Gasteiger partial charge is 0.342 e. The van der Waals surface area contributed by atoms with Gasteiger partial charge in [0.2, 0.25) is 0 Å². The number of fused-ring (bicyclic) bond motifs is 2. The van der Waals surface area contributed by atoms with Crippen molar-refractivity contribution in [1.29, 1.82) is 0 Å². The Labute approximate surface area is 220 Å². The highest BCUT2D eigenvalue weighted by Gasteiger charge is 2.32. The van der Waals surface area contributed by atoms with Crippen molar-refractivity contribution in [2.45, 2.75) is 51.6 Å². The molecule has 2 amide bonds. The van der Waals surface area contributed by atoms with E-state index in [-0.39, 0.29) is 11.8 Å². The van der Waals surface area contributed by atoms with Crippen LogP contribution in [-0.4, -0.2) is 37.5 Å². The fraction of sp³-hybridized carbons (Fsp3) is 0.345. The van der Waals surface area contributed by atoms with Crippen LogP contribution in [0.3, 0.4) is 0 Å². The van der Waals surface area contributed by atoms with Crippen LogP contribution in [0.15, 0.2) is 48.5 Å². The lowest BCUT2D eigenvalue weighted by molar-refractivity contribution is -0.126. The number of esters is 1. The Bertz CT molecular complexity index is 1330. The highest BCUT2D eigenvalue weighted by Crippen LogP contribution is 2.39. The molecular formula is C29H30N2O5S. The lowest BCUT2D eigenvalue weighted by Crippen LogP contribution is -2.42. The number of rotatable bonds is 6. The number of benzene rings is 2. The van der Waals surface area contributed by atoms with E-state index in [0.29, 0.717) is 28.4 Å². The molecule has 1 unspecified atom stereocenters. The second-order valence-corrected chi connectivity index (χ2v) is 10.5. The topological polar surface area (TPSA) is 84.9 Å². The molecule has 0 saturated carbocycles. The third-order valence-corrected chi connectivity index (χ3v) is 8.17. The second-order valence-electron chi connectivity index (χ2n) is 9.37. The van der Waals surface area contributed by atoms with E-state index in [1.807, 2.05) is 24.3 Å². The first kappa shape index (κ1) is 25.0. The lowest BCUT2D eigenvalue weighted by atomic mass is 9.95. The standard InChI is InChI=1S/C29H30N2O5S/c1-18(28(33)31-17-7-9-19-8-3-5-11-23(19)31)36-29(34)25-22-10-4-6-12-24(22)37-27(25)30-26(32)20-13-15-21(35-2)16-14-20/h3,5,8,11,13-16,18H,4,6-7,9-10,12,17H2,1-2H3,(H,30,32). The molecule has 37 heavy (non-hydrogen) atoms. The third-order valence-electron chi connectivity index (χ3n) is 6.96. The van der Waals surface area contributed by atoms with Crippen molar-refractivity contribution in [3.8, 4) is 5.75 Å². The Morgan fingerprint density at radius 1 is 0.973 bits per heavy atom. The minimum absolute atomic E-state index is 0.242. The van der Waals surface area contributed by atoms with Crippen LogP contribution in [0.25, 0.3) is 0 Å². The van der Waals surface area contributed by atoms with Crippen molar-refractivity contribution >= 4 is 39.8 Å². The molecule has 1 aliphatic heterocycles. The van der Waals surface area contributed by atoms with Gasteiger partial charge in [0.1, 0.15) is 10.8 Å². The number of hydrogen-bond donors (Lipinski definition) is 1. The van der Waals surface area contributed by atoms with Crippen molar-refractivity contribution in [2.24, 2.45) is 0 Å². The summed E-state index contributed by atoms with van der Waals surface area (Å²) in [6.07, 6.45) is 4.44. The molecule has 0 radical (unpaired) electrons. The van der Waals surface area contributed by atoms with Crippen molar-refractivity contribution in [3.05, 3.63) is 75.7 Å². The number of carbonyl (C=O) groups excluding carboxylic acids is 3. The van der Waals surface area contributed by atoms with E-state index in [1.165, 1.54) is 11.3 Å². The quantitative estimate of drug-likeness (QED) is 0.441. The molecule has 1 aromatic heterocycles. The normalized spacial score (nSPS) is 15.2. The van der Waals surface area contributed by atoms with Gasteiger partial charge < -0.3 is 19.7 Å². The van der Waals surface area contributed by atoms with Crippen LogP contribution in [0.4, 0.5) is 10.7 Å². The van der Waals surface area contributed by atoms with E-state index in [2.05, 4.69) is 5.32 Å². The van der Waals surface area contributed by atoms with Gasteiger partial charge in [0, 0.05) is 22.7 Å². The van der Waals surface area contributed by atoms with E-state index in [0.717, 1.165) is 60.2 Å². The Morgan fingerprint density at radius 3 is 2.51 bits per heavy atom. The maximum atomic E-state index is 13.5. The fourth-order valence-electron chi connectivity index (χ4n) is 5.04. The minimum atomic E-state index is -0.956. The first-order valence-corrected chi connectivity index (χ1v) is 13.5. The highest BCUT2D eigenvalue weighted by molar-refractivity contribution is 7.17. The summed E-state index contributed by atoms with van der Waals surface area (Å²) in [6.45, 7) is 2.21. The van der Waals surface area contributed by atoms with Gasteiger partial charge in [-0.15, -0.1) is 11.3 Å². The number of anilines is 2. The largest absolute Gasteiger partial charge is 0.497 e. The molecule has 8 heteroatoms. The van der Waals surface area contributed by atoms with E-state index in [4.69, 9.17) is 9.47 Å². The number of nitrogens with one attached hydrogen (secondary N) is 1. The molecule has 0 fully saturated rings. The molecule has 0 saturated heterocycles. The van der Waals surface area contributed by atoms with Gasteiger partial charge in [0.25, 0.3) is 11.8 Å². The molecule has 5 rings (SSSR count). The SMILES string of the molecule is COc1ccc(C(=O)Nc2sc3c(c2C(=O)OC(C)C(=O)N2CCCc4ccccc42)CCCC3)cc1.